The maximum absolute atomic E-state index is 11.3. The number of aromatic nitrogens is 1. The molecule has 0 aliphatic heterocycles. The molecule has 1 aliphatic carbocycles. The van der Waals surface area contributed by atoms with Crippen LogP contribution in [0.15, 0.2) is 24.4 Å². The molecule has 2 aromatic rings. The Morgan fingerprint density at radius 2 is 2.19 bits per heavy atom. The lowest BCUT2D eigenvalue weighted by Gasteiger charge is -2.37. The highest BCUT2D eigenvalue weighted by molar-refractivity contribution is 7.15. The Hall–Kier alpha value is -2.03. The van der Waals surface area contributed by atoms with Crippen molar-refractivity contribution in [3.63, 3.8) is 0 Å². The topological polar surface area (TPSA) is 114 Å². The molecule has 0 radical (unpaired) electrons. The highest BCUT2D eigenvalue weighted by Gasteiger charge is 2.43. The zero-order valence-electron chi connectivity index (χ0n) is 13.9. The molecule has 0 spiro atoms. The average Bonchev–Trinajstić information content (AvgIpc) is 3.04. The number of nitro benzene ring substituents is 1. The molecule has 1 aliphatic rings. The van der Waals surface area contributed by atoms with Gasteiger partial charge >= 0.3 is 5.97 Å². The molecule has 138 valence electrons. The van der Waals surface area contributed by atoms with Crippen LogP contribution in [-0.2, 0) is 10.4 Å². The van der Waals surface area contributed by atoms with Gasteiger partial charge in [-0.1, -0.05) is 18.5 Å². The summed E-state index contributed by atoms with van der Waals surface area (Å²) in [4.78, 5) is 26.7. The largest absolute Gasteiger partial charge is 0.481 e. The highest BCUT2D eigenvalue weighted by Crippen LogP contribution is 2.45. The van der Waals surface area contributed by atoms with E-state index in [0.29, 0.717) is 34.7 Å². The van der Waals surface area contributed by atoms with E-state index in [0.717, 1.165) is 0 Å². The Morgan fingerprint density at radius 3 is 2.81 bits per heavy atom. The van der Waals surface area contributed by atoms with Gasteiger partial charge in [0.2, 0.25) is 0 Å². The summed E-state index contributed by atoms with van der Waals surface area (Å²) in [5.74, 6) is -1.48. The zero-order valence-corrected chi connectivity index (χ0v) is 15.5. The molecule has 3 rings (SSSR count). The number of benzene rings is 1. The molecule has 3 unspecified atom stereocenters. The van der Waals surface area contributed by atoms with Gasteiger partial charge in [-0.3, -0.25) is 14.9 Å². The molecule has 1 aromatic heterocycles. The van der Waals surface area contributed by atoms with Crippen LogP contribution in [0.4, 0.5) is 5.69 Å². The van der Waals surface area contributed by atoms with Crippen molar-refractivity contribution in [3.05, 3.63) is 44.5 Å². The summed E-state index contributed by atoms with van der Waals surface area (Å²) in [6.07, 6.45) is 2.56. The summed E-state index contributed by atoms with van der Waals surface area (Å²) in [7, 11) is 0. The minimum absolute atomic E-state index is 0.114. The van der Waals surface area contributed by atoms with Crippen molar-refractivity contribution in [2.75, 3.05) is 0 Å². The number of thiazole rings is 1. The molecule has 26 heavy (non-hydrogen) atoms. The molecular formula is C17H17ClN2O5S. The van der Waals surface area contributed by atoms with Gasteiger partial charge in [0.25, 0.3) is 5.69 Å². The smallest absolute Gasteiger partial charge is 0.306 e. The fourth-order valence-corrected chi connectivity index (χ4v) is 4.72. The number of hydrogen-bond donors (Lipinski definition) is 2. The van der Waals surface area contributed by atoms with E-state index in [2.05, 4.69) is 4.98 Å². The summed E-state index contributed by atoms with van der Waals surface area (Å²) in [6.45, 7) is 1.82. The summed E-state index contributed by atoms with van der Waals surface area (Å²) in [5, 5.41) is 32.0. The number of carboxylic acids is 1. The zero-order chi connectivity index (χ0) is 19.1. The van der Waals surface area contributed by atoms with Gasteiger partial charge in [-0.15, -0.1) is 11.3 Å². The second-order valence-electron chi connectivity index (χ2n) is 6.68. The first kappa shape index (κ1) is 18.8. The number of non-ortho nitro benzene ring substituents is 1. The molecule has 1 aromatic carbocycles. The highest BCUT2D eigenvalue weighted by atomic mass is 35.5. The molecule has 3 atom stereocenters. The van der Waals surface area contributed by atoms with Crippen molar-refractivity contribution in [2.45, 2.75) is 31.8 Å². The van der Waals surface area contributed by atoms with E-state index < -0.39 is 22.4 Å². The quantitative estimate of drug-likeness (QED) is 0.594. The standard InChI is InChI=1S/C17H17ClN2O5S/c1-9-7-17(23,3-2-13(9)15(21)22)16-19-8-14(26-16)10-4-11(18)6-12(5-10)20(24)25/h4-6,8-9,13,23H,2-3,7H2,1H3,(H,21,22). The van der Waals surface area contributed by atoms with Crippen LogP contribution in [-0.4, -0.2) is 26.1 Å². The summed E-state index contributed by atoms with van der Waals surface area (Å²) in [6, 6.07) is 4.30. The van der Waals surface area contributed by atoms with Crippen LogP contribution in [0.1, 0.15) is 31.2 Å². The third-order valence-corrected chi connectivity index (χ3v) is 6.27. The lowest BCUT2D eigenvalue weighted by Crippen LogP contribution is -2.38. The van der Waals surface area contributed by atoms with Gasteiger partial charge in [-0.05, 0) is 31.2 Å². The molecule has 9 heteroatoms. The van der Waals surface area contributed by atoms with Gasteiger partial charge in [0.05, 0.1) is 15.7 Å². The first-order valence-corrected chi connectivity index (χ1v) is 9.26. The fraction of sp³-hybridized carbons (Fsp3) is 0.412. The van der Waals surface area contributed by atoms with Crippen molar-refractivity contribution < 1.29 is 19.9 Å². The Morgan fingerprint density at radius 1 is 1.46 bits per heavy atom. The van der Waals surface area contributed by atoms with Crippen LogP contribution >= 0.6 is 22.9 Å². The second-order valence-corrected chi connectivity index (χ2v) is 8.15. The molecule has 0 amide bonds. The Kier molecular flexibility index (Phi) is 5.01. The summed E-state index contributed by atoms with van der Waals surface area (Å²) in [5.41, 5.74) is -0.737. The number of nitrogens with zero attached hydrogens (tertiary/aromatic N) is 2. The summed E-state index contributed by atoms with van der Waals surface area (Å²) < 4.78 is 0. The van der Waals surface area contributed by atoms with E-state index in [1.807, 2.05) is 6.92 Å². The van der Waals surface area contributed by atoms with Crippen molar-refractivity contribution in [1.82, 2.24) is 4.98 Å². The number of hydrogen-bond acceptors (Lipinski definition) is 6. The predicted molar refractivity (Wildman–Crippen MR) is 97.3 cm³/mol. The van der Waals surface area contributed by atoms with E-state index in [-0.39, 0.29) is 16.6 Å². The first-order valence-electron chi connectivity index (χ1n) is 8.06. The maximum Gasteiger partial charge on any atom is 0.306 e. The number of carboxylic acid groups (broad SMARTS) is 1. The minimum Gasteiger partial charge on any atom is -0.481 e. The molecule has 1 fully saturated rings. The maximum atomic E-state index is 11.3. The number of aliphatic carboxylic acids is 1. The monoisotopic (exact) mass is 396 g/mol. The van der Waals surface area contributed by atoms with Gasteiger partial charge < -0.3 is 10.2 Å². The van der Waals surface area contributed by atoms with Crippen molar-refractivity contribution in [3.8, 4) is 10.4 Å². The van der Waals surface area contributed by atoms with Gasteiger partial charge in [-0.2, -0.15) is 0 Å². The Bertz CT molecular complexity index is 871. The molecule has 2 N–H and O–H groups in total. The normalized spacial score (nSPS) is 25.8. The molecule has 1 heterocycles. The van der Waals surface area contributed by atoms with Gasteiger partial charge in [0, 0.05) is 28.9 Å². The van der Waals surface area contributed by atoms with Crippen LogP contribution in [0.2, 0.25) is 5.02 Å². The van der Waals surface area contributed by atoms with E-state index in [1.165, 1.54) is 23.5 Å². The molecular weight excluding hydrogens is 380 g/mol. The fourth-order valence-electron chi connectivity index (χ4n) is 3.46. The van der Waals surface area contributed by atoms with Crippen LogP contribution in [0.5, 0.6) is 0 Å². The SMILES string of the molecule is CC1CC(O)(c2ncc(-c3cc(Cl)cc([N+](=O)[O-])c3)s2)CCC1C(=O)O. The summed E-state index contributed by atoms with van der Waals surface area (Å²) >= 11 is 7.21. The third kappa shape index (κ3) is 3.58. The van der Waals surface area contributed by atoms with Crippen LogP contribution in [0.3, 0.4) is 0 Å². The Labute approximate surface area is 158 Å². The van der Waals surface area contributed by atoms with E-state index in [4.69, 9.17) is 11.6 Å². The molecule has 7 nitrogen and oxygen atoms in total. The lowest BCUT2D eigenvalue weighted by atomic mass is 9.72. The number of halogens is 1. The van der Waals surface area contributed by atoms with Crippen LogP contribution in [0.25, 0.3) is 10.4 Å². The first-order chi connectivity index (χ1) is 12.2. The van der Waals surface area contributed by atoms with Crippen LogP contribution in [0, 0.1) is 22.0 Å². The number of aliphatic hydroxyl groups is 1. The number of carbonyl (C=O) groups is 1. The second kappa shape index (κ2) is 6.94. The average molecular weight is 397 g/mol. The molecule has 0 saturated heterocycles. The third-order valence-electron chi connectivity index (χ3n) is 4.81. The van der Waals surface area contributed by atoms with E-state index in [9.17, 15) is 25.1 Å². The van der Waals surface area contributed by atoms with Crippen LogP contribution < -0.4 is 0 Å². The van der Waals surface area contributed by atoms with Gasteiger partial charge in [0.15, 0.2) is 0 Å². The van der Waals surface area contributed by atoms with Gasteiger partial charge in [-0.25, -0.2) is 4.98 Å². The number of nitro groups is 1. The Balaban J connectivity index is 1.89. The predicted octanol–water partition coefficient (Wildman–Crippen LogP) is 4.08. The van der Waals surface area contributed by atoms with Crippen molar-refractivity contribution in [1.29, 1.82) is 0 Å². The van der Waals surface area contributed by atoms with Gasteiger partial charge in [0.1, 0.15) is 10.6 Å². The molecule has 0 bridgehead atoms. The van der Waals surface area contributed by atoms with Crippen molar-refractivity contribution >= 4 is 34.6 Å². The van der Waals surface area contributed by atoms with Crippen molar-refractivity contribution in [2.24, 2.45) is 11.8 Å². The number of rotatable bonds is 4. The molecule has 1 saturated carbocycles. The van der Waals surface area contributed by atoms with E-state index >= 15 is 0 Å². The minimum atomic E-state index is -1.18. The lowest BCUT2D eigenvalue weighted by molar-refractivity contribution is -0.384. The van der Waals surface area contributed by atoms with E-state index in [1.54, 1.807) is 12.3 Å².